The predicted octanol–water partition coefficient (Wildman–Crippen LogP) is 1.38. The Hall–Kier alpha value is -2.31. The van der Waals surface area contributed by atoms with Gasteiger partial charge in [0.05, 0.1) is 0 Å². The van der Waals surface area contributed by atoms with Crippen LogP contribution in [-0.4, -0.2) is 39.2 Å². The van der Waals surface area contributed by atoms with Crippen molar-refractivity contribution in [2.75, 3.05) is 23.3 Å². The van der Waals surface area contributed by atoms with Crippen LogP contribution < -0.4 is 10.2 Å². The Labute approximate surface area is 110 Å². The highest BCUT2D eigenvalue weighted by molar-refractivity contribution is 6.01. The zero-order valence-electron chi connectivity index (χ0n) is 10.5. The third-order valence-electron chi connectivity index (χ3n) is 3.19. The molecule has 2 aromatic rings. The summed E-state index contributed by atoms with van der Waals surface area (Å²) in [7, 11) is 0. The number of amides is 1. The molecular weight excluding hydrogens is 244 g/mol. The monoisotopic (exact) mass is 260 g/mol. The second kappa shape index (κ2) is 5.13. The molecule has 3 N–H and O–H groups in total. The second-order valence-corrected chi connectivity index (χ2v) is 4.57. The van der Waals surface area contributed by atoms with Crippen LogP contribution >= 0.6 is 0 Å². The van der Waals surface area contributed by atoms with Gasteiger partial charge in [0.2, 0.25) is 11.9 Å². The molecule has 0 saturated carbocycles. The number of hydrogen-bond donors (Lipinski definition) is 3. The molecule has 7 heteroatoms. The van der Waals surface area contributed by atoms with E-state index in [1.165, 1.54) is 19.3 Å². The highest BCUT2D eigenvalue weighted by Crippen LogP contribution is 2.16. The summed E-state index contributed by atoms with van der Waals surface area (Å²) in [4.78, 5) is 21.1. The first kappa shape index (κ1) is 11.8. The van der Waals surface area contributed by atoms with Gasteiger partial charge in [0.1, 0.15) is 5.69 Å². The van der Waals surface area contributed by atoms with Gasteiger partial charge in [0, 0.05) is 19.3 Å². The number of carbonyl (C=O) groups excluding carboxylic acids is 1. The van der Waals surface area contributed by atoms with E-state index in [9.17, 15) is 4.79 Å². The SMILES string of the molecule is O=C(Nc1nc(N2CCCCC2)n[nH]1)c1ccc[nH]1. The summed E-state index contributed by atoms with van der Waals surface area (Å²) in [6.07, 6.45) is 5.29. The maximum atomic E-state index is 11.8. The lowest BCUT2D eigenvalue weighted by molar-refractivity contribution is 0.102. The van der Waals surface area contributed by atoms with Crippen molar-refractivity contribution in [3.63, 3.8) is 0 Å². The molecule has 0 spiro atoms. The van der Waals surface area contributed by atoms with E-state index in [4.69, 9.17) is 0 Å². The summed E-state index contributed by atoms with van der Waals surface area (Å²) in [5.41, 5.74) is 0.496. The van der Waals surface area contributed by atoms with Gasteiger partial charge < -0.3 is 9.88 Å². The van der Waals surface area contributed by atoms with Crippen molar-refractivity contribution in [1.29, 1.82) is 0 Å². The molecule has 0 radical (unpaired) electrons. The fourth-order valence-corrected chi connectivity index (χ4v) is 2.19. The zero-order valence-corrected chi connectivity index (χ0v) is 10.5. The minimum absolute atomic E-state index is 0.230. The zero-order chi connectivity index (χ0) is 13.1. The number of aromatic amines is 2. The predicted molar refractivity (Wildman–Crippen MR) is 71.2 cm³/mol. The lowest BCUT2D eigenvalue weighted by Gasteiger charge is -2.24. The third kappa shape index (κ3) is 2.59. The van der Waals surface area contributed by atoms with Gasteiger partial charge in [-0.3, -0.25) is 10.1 Å². The number of nitrogens with one attached hydrogen (secondary N) is 3. The molecule has 0 aliphatic carbocycles. The van der Waals surface area contributed by atoms with Crippen LogP contribution in [0.25, 0.3) is 0 Å². The Kier molecular flexibility index (Phi) is 3.18. The van der Waals surface area contributed by atoms with E-state index in [2.05, 4.69) is 30.4 Å². The van der Waals surface area contributed by atoms with E-state index in [-0.39, 0.29) is 5.91 Å². The lowest BCUT2D eigenvalue weighted by atomic mass is 10.1. The Morgan fingerprint density at radius 1 is 1.32 bits per heavy atom. The minimum atomic E-state index is -0.230. The topological polar surface area (TPSA) is 89.7 Å². The van der Waals surface area contributed by atoms with Crippen LogP contribution in [0, 0.1) is 0 Å². The fraction of sp³-hybridized carbons (Fsp3) is 0.417. The van der Waals surface area contributed by atoms with Gasteiger partial charge in [-0.15, -0.1) is 5.10 Å². The molecule has 0 aromatic carbocycles. The average Bonchev–Trinajstić information content (AvgIpc) is 3.11. The molecule has 100 valence electrons. The van der Waals surface area contributed by atoms with Crippen molar-refractivity contribution < 1.29 is 4.79 Å². The molecule has 1 amide bonds. The van der Waals surface area contributed by atoms with Gasteiger partial charge in [-0.1, -0.05) is 0 Å². The normalized spacial score (nSPS) is 15.5. The largest absolute Gasteiger partial charge is 0.357 e. The number of anilines is 2. The van der Waals surface area contributed by atoms with Gasteiger partial charge in [-0.25, -0.2) is 5.10 Å². The van der Waals surface area contributed by atoms with E-state index in [0.717, 1.165) is 13.1 Å². The Bertz CT molecular complexity index is 540. The molecule has 0 unspecified atom stereocenters. The summed E-state index contributed by atoms with van der Waals surface area (Å²) in [6.45, 7) is 1.95. The number of H-pyrrole nitrogens is 2. The molecule has 1 fully saturated rings. The molecule has 2 aromatic heterocycles. The highest BCUT2D eigenvalue weighted by Gasteiger charge is 2.16. The maximum absolute atomic E-state index is 11.8. The molecule has 3 rings (SSSR count). The molecule has 1 saturated heterocycles. The van der Waals surface area contributed by atoms with Gasteiger partial charge in [0.25, 0.3) is 5.91 Å². The fourth-order valence-electron chi connectivity index (χ4n) is 2.19. The summed E-state index contributed by atoms with van der Waals surface area (Å²) in [6, 6.07) is 3.48. The molecular formula is C12H16N6O. The van der Waals surface area contributed by atoms with Crippen LogP contribution in [0.5, 0.6) is 0 Å². The summed E-state index contributed by atoms with van der Waals surface area (Å²) in [5, 5.41) is 9.56. The number of nitrogens with zero attached hydrogens (tertiary/aromatic N) is 3. The van der Waals surface area contributed by atoms with Crippen LogP contribution in [0.15, 0.2) is 18.3 Å². The van der Waals surface area contributed by atoms with Gasteiger partial charge >= 0.3 is 0 Å². The van der Waals surface area contributed by atoms with E-state index in [0.29, 0.717) is 17.6 Å². The number of aromatic nitrogens is 4. The molecule has 1 aliphatic rings. The second-order valence-electron chi connectivity index (χ2n) is 4.57. The van der Waals surface area contributed by atoms with Gasteiger partial charge in [-0.2, -0.15) is 4.98 Å². The first-order chi connectivity index (χ1) is 9.33. The summed E-state index contributed by atoms with van der Waals surface area (Å²) >= 11 is 0. The number of hydrogen-bond acceptors (Lipinski definition) is 4. The molecule has 19 heavy (non-hydrogen) atoms. The van der Waals surface area contributed by atoms with Crippen molar-refractivity contribution >= 4 is 17.8 Å². The highest BCUT2D eigenvalue weighted by atomic mass is 16.2. The van der Waals surface area contributed by atoms with Crippen molar-refractivity contribution in [3.8, 4) is 0 Å². The van der Waals surface area contributed by atoms with Crippen LogP contribution in [0.3, 0.4) is 0 Å². The number of piperidine rings is 1. The van der Waals surface area contributed by atoms with Crippen LogP contribution in [0.1, 0.15) is 29.8 Å². The van der Waals surface area contributed by atoms with Gasteiger partial charge in [0.15, 0.2) is 0 Å². The minimum Gasteiger partial charge on any atom is -0.357 e. The first-order valence-corrected chi connectivity index (χ1v) is 6.45. The molecule has 0 atom stereocenters. The van der Waals surface area contributed by atoms with Crippen LogP contribution in [0.4, 0.5) is 11.9 Å². The standard InChI is InChI=1S/C12H16N6O/c19-10(9-5-4-6-13-9)14-11-15-12(17-16-11)18-7-2-1-3-8-18/h4-6,13H,1-3,7-8H2,(H2,14,15,16,17,19). The third-order valence-corrected chi connectivity index (χ3v) is 3.19. The van der Waals surface area contributed by atoms with Gasteiger partial charge in [-0.05, 0) is 31.4 Å². The molecule has 0 bridgehead atoms. The van der Waals surface area contributed by atoms with E-state index in [1.807, 2.05) is 0 Å². The molecule has 1 aliphatic heterocycles. The van der Waals surface area contributed by atoms with Crippen molar-refractivity contribution in [1.82, 2.24) is 20.2 Å². The van der Waals surface area contributed by atoms with Crippen molar-refractivity contribution in [3.05, 3.63) is 24.0 Å². The number of carbonyl (C=O) groups is 1. The summed E-state index contributed by atoms with van der Waals surface area (Å²) < 4.78 is 0. The van der Waals surface area contributed by atoms with Crippen LogP contribution in [0.2, 0.25) is 0 Å². The number of rotatable bonds is 3. The summed E-state index contributed by atoms with van der Waals surface area (Å²) in [5.74, 6) is 0.799. The first-order valence-electron chi connectivity index (χ1n) is 6.45. The lowest BCUT2D eigenvalue weighted by Crippen LogP contribution is -2.30. The smallest absolute Gasteiger partial charge is 0.274 e. The van der Waals surface area contributed by atoms with Crippen molar-refractivity contribution in [2.24, 2.45) is 0 Å². The maximum Gasteiger partial charge on any atom is 0.274 e. The quantitative estimate of drug-likeness (QED) is 0.777. The van der Waals surface area contributed by atoms with E-state index >= 15 is 0 Å². The molecule has 7 nitrogen and oxygen atoms in total. The van der Waals surface area contributed by atoms with Crippen LogP contribution in [-0.2, 0) is 0 Å². The van der Waals surface area contributed by atoms with E-state index in [1.54, 1.807) is 18.3 Å². The average molecular weight is 260 g/mol. The van der Waals surface area contributed by atoms with Crippen molar-refractivity contribution in [2.45, 2.75) is 19.3 Å². The Balaban J connectivity index is 1.66. The Morgan fingerprint density at radius 2 is 2.16 bits per heavy atom. The Morgan fingerprint density at radius 3 is 2.89 bits per heavy atom. The molecule has 3 heterocycles. The van der Waals surface area contributed by atoms with E-state index < -0.39 is 0 Å².